The summed E-state index contributed by atoms with van der Waals surface area (Å²) in [5, 5.41) is 4.07. The fourth-order valence-corrected chi connectivity index (χ4v) is 2.97. The summed E-state index contributed by atoms with van der Waals surface area (Å²) in [4.78, 5) is 16.5. The quantitative estimate of drug-likeness (QED) is 0.777. The van der Waals surface area contributed by atoms with Gasteiger partial charge in [-0.3, -0.25) is 9.78 Å². The molecule has 2 heterocycles. The zero-order valence-electron chi connectivity index (χ0n) is 11.4. The van der Waals surface area contributed by atoms with Crippen LogP contribution in [0.3, 0.4) is 0 Å². The zero-order chi connectivity index (χ0) is 14.2. The van der Waals surface area contributed by atoms with Crippen LogP contribution in [-0.2, 0) is 11.2 Å². The van der Waals surface area contributed by atoms with Gasteiger partial charge in [0.05, 0.1) is 11.4 Å². The second kappa shape index (κ2) is 4.70. The number of aromatic nitrogens is 1. The first-order valence-corrected chi connectivity index (χ1v) is 7.05. The lowest BCUT2D eigenvalue weighted by atomic mass is 9.93. The Balaban J connectivity index is 1.70. The van der Waals surface area contributed by atoms with Gasteiger partial charge in [-0.1, -0.05) is 30.3 Å². The highest BCUT2D eigenvalue weighted by Gasteiger charge is 2.29. The van der Waals surface area contributed by atoms with Gasteiger partial charge in [-0.15, -0.1) is 0 Å². The van der Waals surface area contributed by atoms with Gasteiger partial charge in [-0.2, -0.15) is 0 Å². The van der Waals surface area contributed by atoms with Gasteiger partial charge in [0.1, 0.15) is 0 Å². The molecule has 1 aromatic heterocycles. The molecule has 2 aromatic carbocycles. The average Bonchev–Trinajstić information content (AvgIpc) is 2.83. The topological polar surface area (TPSA) is 42.0 Å². The Morgan fingerprint density at radius 1 is 1.05 bits per heavy atom. The minimum absolute atomic E-state index is 0.0856. The molecule has 0 bridgehead atoms. The number of para-hydroxylation sites is 1. The second-order valence-electron chi connectivity index (χ2n) is 5.36. The number of rotatable bonds is 2. The molecule has 0 unspecified atom stereocenters. The molecule has 1 amide bonds. The third kappa shape index (κ3) is 2.07. The van der Waals surface area contributed by atoms with Gasteiger partial charge < -0.3 is 5.32 Å². The maximum atomic E-state index is 12.2. The van der Waals surface area contributed by atoms with Crippen LogP contribution in [0.5, 0.6) is 0 Å². The zero-order valence-corrected chi connectivity index (χ0v) is 11.4. The summed E-state index contributed by atoms with van der Waals surface area (Å²) in [5.41, 5.74) is 4.17. The molecule has 1 aliphatic rings. The summed E-state index contributed by atoms with van der Waals surface area (Å²) in [6.07, 6.45) is 2.51. The Morgan fingerprint density at radius 2 is 1.95 bits per heavy atom. The highest BCUT2D eigenvalue weighted by atomic mass is 16.2. The van der Waals surface area contributed by atoms with Crippen molar-refractivity contribution in [3.8, 4) is 0 Å². The highest BCUT2D eigenvalue weighted by Crippen LogP contribution is 2.34. The minimum Gasteiger partial charge on any atom is -0.325 e. The number of carbonyl (C=O) groups excluding carboxylic acids is 1. The van der Waals surface area contributed by atoms with E-state index in [4.69, 9.17) is 0 Å². The number of anilines is 1. The van der Waals surface area contributed by atoms with Crippen LogP contribution in [0.2, 0.25) is 0 Å². The van der Waals surface area contributed by atoms with Crippen molar-refractivity contribution in [1.29, 1.82) is 0 Å². The summed E-state index contributed by atoms with van der Waals surface area (Å²) in [5.74, 6) is -0.0159. The van der Waals surface area contributed by atoms with E-state index in [1.54, 1.807) is 6.20 Å². The third-order valence-corrected chi connectivity index (χ3v) is 4.02. The molecule has 21 heavy (non-hydrogen) atoms. The Bertz CT molecular complexity index is 841. The van der Waals surface area contributed by atoms with Crippen molar-refractivity contribution in [1.82, 2.24) is 4.98 Å². The maximum Gasteiger partial charge on any atom is 0.232 e. The molecular weight excluding hydrogens is 260 g/mol. The summed E-state index contributed by atoms with van der Waals surface area (Å²) in [6.45, 7) is 0. The van der Waals surface area contributed by atoms with Crippen LogP contribution in [0.15, 0.2) is 60.8 Å². The predicted octanol–water partition coefficient (Wildman–Crippen LogP) is 3.51. The Hall–Kier alpha value is -2.68. The minimum atomic E-state index is -0.102. The van der Waals surface area contributed by atoms with E-state index in [1.807, 2.05) is 36.4 Å². The maximum absolute atomic E-state index is 12.2. The normalized spacial score (nSPS) is 16.8. The van der Waals surface area contributed by atoms with Gasteiger partial charge in [0.2, 0.25) is 5.91 Å². The van der Waals surface area contributed by atoms with Gasteiger partial charge >= 0.3 is 0 Å². The van der Waals surface area contributed by atoms with E-state index in [1.165, 1.54) is 0 Å². The molecular formula is C18H14N2O. The van der Waals surface area contributed by atoms with Crippen molar-refractivity contribution < 1.29 is 4.79 Å². The number of pyridine rings is 1. The largest absolute Gasteiger partial charge is 0.325 e. The number of benzene rings is 2. The summed E-state index contributed by atoms with van der Waals surface area (Å²) in [7, 11) is 0. The van der Waals surface area contributed by atoms with E-state index in [2.05, 4.69) is 28.5 Å². The molecule has 102 valence electrons. The molecule has 0 aliphatic carbocycles. The molecule has 1 aliphatic heterocycles. The third-order valence-electron chi connectivity index (χ3n) is 4.02. The summed E-state index contributed by atoms with van der Waals surface area (Å²) >= 11 is 0. The van der Waals surface area contributed by atoms with E-state index in [0.29, 0.717) is 6.42 Å². The van der Waals surface area contributed by atoms with E-state index in [-0.39, 0.29) is 11.8 Å². The molecule has 1 atom stereocenters. The lowest BCUT2D eigenvalue weighted by Gasteiger charge is -2.09. The van der Waals surface area contributed by atoms with Gasteiger partial charge in [-0.05, 0) is 41.8 Å². The number of nitrogens with one attached hydrogen (secondary N) is 1. The van der Waals surface area contributed by atoms with Crippen LogP contribution in [0, 0.1) is 0 Å². The Morgan fingerprint density at radius 3 is 2.90 bits per heavy atom. The number of amides is 1. The second-order valence-corrected chi connectivity index (χ2v) is 5.36. The number of fused-ring (bicyclic) bond motifs is 2. The standard InChI is InChI=1S/C18H14N2O/c21-18-15(14-5-1-2-6-17(14)20-18)11-12-7-8-16-13(10-12)4-3-9-19-16/h1-10,15H,11H2,(H,20,21)/t15-/m1/s1. The van der Waals surface area contributed by atoms with Crippen LogP contribution < -0.4 is 5.32 Å². The van der Waals surface area contributed by atoms with Crippen LogP contribution in [-0.4, -0.2) is 10.9 Å². The van der Waals surface area contributed by atoms with Crippen molar-refractivity contribution in [2.45, 2.75) is 12.3 Å². The molecule has 3 nitrogen and oxygen atoms in total. The number of hydrogen-bond acceptors (Lipinski definition) is 2. The first kappa shape index (κ1) is 12.1. The number of carbonyl (C=O) groups is 1. The highest BCUT2D eigenvalue weighted by molar-refractivity contribution is 6.03. The number of hydrogen-bond donors (Lipinski definition) is 1. The predicted molar refractivity (Wildman–Crippen MR) is 83.3 cm³/mol. The fourth-order valence-electron chi connectivity index (χ4n) is 2.97. The van der Waals surface area contributed by atoms with Crippen LogP contribution in [0.4, 0.5) is 5.69 Å². The molecule has 0 saturated heterocycles. The van der Waals surface area contributed by atoms with Crippen molar-refractivity contribution in [2.24, 2.45) is 0 Å². The van der Waals surface area contributed by atoms with E-state index >= 15 is 0 Å². The lowest BCUT2D eigenvalue weighted by Crippen LogP contribution is -2.14. The van der Waals surface area contributed by atoms with Crippen molar-refractivity contribution >= 4 is 22.5 Å². The first-order chi connectivity index (χ1) is 10.3. The lowest BCUT2D eigenvalue weighted by molar-refractivity contribution is -0.117. The molecule has 0 fully saturated rings. The van der Waals surface area contributed by atoms with Crippen molar-refractivity contribution in [2.75, 3.05) is 5.32 Å². The number of nitrogens with zero attached hydrogens (tertiary/aromatic N) is 1. The first-order valence-electron chi connectivity index (χ1n) is 7.05. The molecule has 0 saturated carbocycles. The molecule has 4 rings (SSSR count). The van der Waals surface area contributed by atoms with Gasteiger partial charge in [0.25, 0.3) is 0 Å². The van der Waals surface area contributed by atoms with E-state index < -0.39 is 0 Å². The summed E-state index contributed by atoms with van der Waals surface area (Å²) < 4.78 is 0. The molecule has 3 aromatic rings. The molecule has 1 N–H and O–H groups in total. The Kier molecular flexibility index (Phi) is 2.71. The van der Waals surface area contributed by atoms with Crippen molar-refractivity contribution in [3.05, 3.63) is 71.9 Å². The average molecular weight is 274 g/mol. The molecule has 0 radical (unpaired) electrons. The fraction of sp³-hybridized carbons (Fsp3) is 0.111. The van der Waals surface area contributed by atoms with E-state index in [0.717, 1.165) is 27.7 Å². The van der Waals surface area contributed by atoms with Crippen molar-refractivity contribution in [3.63, 3.8) is 0 Å². The van der Waals surface area contributed by atoms with Gasteiger partial charge in [0, 0.05) is 17.3 Å². The molecule has 0 spiro atoms. The van der Waals surface area contributed by atoms with Gasteiger partial charge in [-0.25, -0.2) is 0 Å². The SMILES string of the molecule is O=C1Nc2ccccc2[C@H]1Cc1ccc2ncccc2c1. The van der Waals surface area contributed by atoms with Crippen LogP contribution in [0.1, 0.15) is 17.0 Å². The van der Waals surface area contributed by atoms with Crippen LogP contribution >= 0.6 is 0 Å². The Labute approximate surface area is 122 Å². The van der Waals surface area contributed by atoms with E-state index in [9.17, 15) is 4.79 Å². The monoisotopic (exact) mass is 274 g/mol. The molecule has 3 heteroatoms. The summed E-state index contributed by atoms with van der Waals surface area (Å²) in [6, 6.07) is 18.1. The smallest absolute Gasteiger partial charge is 0.232 e. The van der Waals surface area contributed by atoms with Gasteiger partial charge in [0.15, 0.2) is 0 Å². The van der Waals surface area contributed by atoms with Crippen LogP contribution in [0.25, 0.3) is 10.9 Å².